The fraction of sp³-hybridized carbons (Fsp3) is 0.238. The van der Waals surface area contributed by atoms with Crippen molar-refractivity contribution < 1.29 is 9.21 Å². The molecule has 2 aromatic carbocycles. The van der Waals surface area contributed by atoms with Gasteiger partial charge in [0.15, 0.2) is 0 Å². The Hall–Kier alpha value is -3.48. The summed E-state index contributed by atoms with van der Waals surface area (Å²) in [7, 11) is 0. The lowest BCUT2D eigenvalue weighted by molar-refractivity contribution is -0.124. The fourth-order valence-electron chi connectivity index (χ4n) is 3.23. The van der Waals surface area contributed by atoms with E-state index in [2.05, 4.69) is 20.5 Å². The quantitative estimate of drug-likeness (QED) is 0.557. The van der Waals surface area contributed by atoms with Gasteiger partial charge in [-0.05, 0) is 31.2 Å². The molecule has 0 saturated carbocycles. The molecule has 0 saturated heterocycles. The summed E-state index contributed by atoms with van der Waals surface area (Å²) in [6.07, 6.45) is 0.746. The van der Waals surface area contributed by atoms with E-state index in [0.29, 0.717) is 11.8 Å². The third kappa shape index (κ3) is 3.38. The van der Waals surface area contributed by atoms with Crippen molar-refractivity contribution in [1.82, 2.24) is 25.1 Å². The molecule has 7 heteroatoms. The van der Waals surface area contributed by atoms with E-state index in [1.807, 2.05) is 73.0 Å². The average Bonchev–Trinajstić information content (AvgIpc) is 3.36. The summed E-state index contributed by atoms with van der Waals surface area (Å²) in [6, 6.07) is 17.0. The Balaban J connectivity index is 1.48. The Morgan fingerprint density at radius 1 is 1.11 bits per heavy atom. The molecule has 0 fully saturated rings. The predicted molar refractivity (Wildman–Crippen MR) is 105 cm³/mol. The fourth-order valence-corrected chi connectivity index (χ4v) is 3.23. The smallest absolute Gasteiger partial charge is 0.247 e. The van der Waals surface area contributed by atoms with Gasteiger partial charge in [-0.3, -0.25) is 4.79 Å². The van der Waals surface area contributed by atoms with Crippen LogP contribution in [0.15, 0.2) is 59.0 Å². The van der Waals surface area contributed by atoms with Gasteiger partial charge in [0.2, 0.25) is 17.7 Å². The Bertz CT molecular complexity index is 1100. The van der Waals surface area contributed by atoms with Gasteiger partial charge in [0.1, 0.15) is 11.9 Å². The maximum Gasteiger partial charge on any atom is 0.247 e. The van der Waals surface area contributed by atoms with Crippen molar-refractivity contribution in [3.8, 4) is 11.5 Å². The number of carbonyl (C=O) groups is 1. The molecule has 142 valence electrons. The maximum absolute atomic E-state index is 12.8. The maximum atomic E-state index is 12.8. The van der Waals surface area contributed by atoms with Crippen molar-refractivity contribution in [2.45, 2.75) is 32.9 Å². The van der Waals surface area contributed by atoms with Crippen LogP contribution in [-0.4, -0.2) is 25.7 Å². The topological polar surface area (TPSA) is 85.8 Å². The van der Waals surface area contributed by atoms with Crippen LogP contribution in [0.5, 0.6) is 0 Å². The lowest BCUT2D eigenvalue weighted by Crippen LogP contribution is -2.31. The summed E-state index contributed by atoms with van der Waals surface area (Å²) in [5.74, 6) is 1.56. The van der Waals surface area contributed by atoms with Crippen LogP contribution in [0.3, 0.4) is 0 Å². The van der Waals surface area contributed by atoms with Crippen molar-refractivity contribution in [1.29, 1.82) is 0 Å². The molecular formula is C21H21N5O2. The van der Waals surface area contributed by atoms with Crippen LogP contribution in [0.25, 0.3) is 22.5 Å². The number of aromatic nitrogens is 4. The molecule has 2 aromatic heterocycles. The lowest BCUT2D eigenvalue weighted by atomic mass is 10.2. The van der Waals surface area contributed by atoms with Crippen LogP contribution < -0.4 is 5.32 Å². The largest absolute Gasteiger partial charge is 0.419 e. The summed E-state index contributed by atoms with van der Waals surface area (Å²) in [5, 5.41) is 10.9. The summed E-state index contributed by atoms with van der Waals surface area (Å²) < 4.78 is 7.63. The zero-order valence-electron chi connectivity index (χ0n) is 15.8. The number of amides is 1. The summed E-state index contributed by atoms with van der Waals surface area (Å²) in [6.45, 7) is 4.08. The molecule has 0 radical (unpaired) electrons. The predicted octanol–water partition coefficient (Wildman–Crippen LogP) is 3.53. The number of para-hydroxylation sites is 2. The molecule has 0 bridgehead atoms. The molecule has 0 aliphatic heterocycles. The third-order valence-electron chi connectivity index (χ3n) is 4.65. The summed E-state index contributed by atoms with van der Waals surface area (Å²) in [5.41, 5.74) is 2.69. The molecule has 7 nitrogen and oxygen atoms in total. The Morgan fingerprint density at radius 3 is 2.64 bits per heavy atom. The number of hydrogen-bond acceptors (Lipinski definition) is 5. The minimum Gasteiger partial charge on any atom is -0.419 e. The van der Waals surface area contributed by atoms with Gasteiger partial charge in [-0.25, -0.2) is 4.98 Å². The van der Waals surface area contributed by atoms with E-state index < -0.39 is 6.04 Å². The molecule has 2 heterocycles. The van der Waals surface area contributed by atoms with Crippen LogP contribution in [0.2, 0.25) is 0 Å². The van der Waals surface area contributed by atoms with Crippen LogP contribution in [0, 0.1) is 0 Å². The van der Waals surface area contributed by atoms with E-state index >= 15 is 0 Å². The molecule has 1 N–H and O–H groups in total. The van der Waals surface area contributed by atoms with Crippen molar-refractivity contribution in [3.63, 3.8) is 0 Å². The number of benzene rings is 2. The molecule has 0 aliphatic carbocycles. The molecule has 0 aliphatic rings. The first-order valence-corrected chi connectivity index (χ1v) is 9.28. The molecular weight excluding hydrogens is 354 g/mol. The highest BCUT2D eigenvalue weighted by Crippen LogP contribution is 2.22. The monoisotopic (exact) mass is 375 g/mol. The number of fused-ring (bicyclic) bond motifs is 1. The van der Waals surface area contributed by atoms with Crippen LogP contribution >= 0.6 is 0 Å². The first kappa shape index (κ1) is 17.9. The van der Waals surface area contributed by atoms with Gasteiger partial charge in [0, 0.05) is 12.0 Å². The first-order chi connectivity index (χ1) is 13.7. The highest BCUT2D eigenvalue weighted by Gasteiger charge is 2.21. The van der Waals surface area contributed by atoms with E-state index in [1.165, 1.54) is 0 Å². The first-order valence-electron chi connectivity index (χ1n) is 9.28. The second kappa shape index (κ2) is 7.64. The second-order valence-corrected chi connectivity index (χ2v) is 6.50. The highest BCUT2D eigenvalue weighted by molar-refractivity contribution is 5.84. The Labute approximate surface area is 162 Å². The standard InChI is InChI=1S/C21H21N5O2/c1-3-18-23-16-11-7-8-12-17(16)26(18)14(2)20(27)22-13-19-24-25-21(28-19)15-9-5-4-6-10-15/h4-12,14H,3,13H2,1-2H3,(H,22,27)/t14-/m1/s1. The number of hydrogen-bond donors (Lipinski definition) is 1. The van der Waals surface area contributed by atoms with Gasteiger partial charge >= 0.3 is 0 Å². The van der Waals surface area contributed by atoms with Crippen LogP contribution in [0.4, 0.5) is 0 Å². The molecule has 4 aromatic rings. The van der Waals surface area contributed by atoms with E-state index in [1.54, 1.807) is 0 Å². The highest BCUT2D eigenvalue weighted by atomic mass is 16.4. The van der Waals surface area contributed by atoms with E-state index in [-0.39, 0.29) is 12.5 Å². The van der Waals surface area contributed by atoms with Crippen molar-refractivity contribution in [2.24, 2.45) is 0 Å². The second-order valence-electron chi connectivity index (χ2n) is 6.50. The van der Waals surface area contributed by atoms with Crippen LogP contribution in [-0.2, 0) is 17.8 Å². The van der Waals surface area contributed by atoms with Gasteiger partial charge in [-0.2, -0.15) is 0 Å². The zero-order chi connectivity index (χ0) is 19.5. The summed E-state index contributed by atoms with van der Waals surface area (Å²) in [4.78, 5) is 17.4. The van der Waals surface area contributed by atoms with E-state index in [4.69, 9.17) is 4.42 Å². The molecule has 0 unspecified atom stereocenters. The molecule has 28 heavy (non-hydrogen) atoms. The van der Waals surface area contributed by atoms with E-state index in [9.17, 15) is 4.79 Å². The van der Waals surface area contributed by atoms with Gasteiger partial charge in [-0.15, -0.1) is 10.2 Å². The Morgan fingerprint density at radius 2 is 1.86 bits per heavy atom. The number of rotatable bonds is 6. The van der Waals surface area contributed by atoms with Crippen LogP contribution in [0.1, 0.15) is 31.6 Å². The number of imidazole rings is 1. The van der Waals surface area contributed by atoms with E-state index in [0.717, 1.165) is 28.8 Å². The van der Waals surface area contributed by atoms with Crippen molar-refractivity contribution in [2.75, 3.05) is 0 Å². The van der Waals surface area contributed by atoms with Crippen molar-refractivity contribution in [3.05, 3.63) is 66.3 Å². The molecule has 4 rings (SSSR count). The lowest BCUT2D eigenvalue weighted by Gasteiger charge is -2.16. The minimum atomic E-state index is -0.404. The third-order valence-corrected chi connectivity index (χ3v) is 4.65. The SMILES string of the molecule is CCc1nc2ccccc2n1[C@H](C)C(=O)NCc1nnc(-c2ccccc2)o1. The molecule has 1 atom stereocenters. The molecule has 0 spiro atoms. The number of carbonyl (C=O) groups excluding carboxylic acids is 1. The van der Waals surface area contributed by atoms with Gasteiger partial charge in [-0.1, -0.05) is 37.3 Å². The number of aryl methyl sites for hydroxylation is 1. The normalized spacial score (nSPS) is 12.2. The Kier molecular flexibility index (Phi) is 4.89. The average molecular weight is 375 g/mol. The van der Waals surface area contributed by atoms with Crippen molar-refractivity contribution >= 4 is 16.9 Å². The minimum absolute atomic E-state index is 0.127. The summed E-state index contributed by atoms with van der Waals surface area (Å²) >= 11 is 0. The van der Waals surface area contributed by atoms with Gasteiger partial charge < -0.3 is 14.3 Å². The van der Waals surface area contributed by atoms with Gasteiger partial charge in [0.25, 0.3) is 0 Å². The zero-order valence-corrected chi connectivity index (χ0v) is 15.8. The number of nitrogens with one attached hydrogen (secondary N) is 1. The number of nitrogens with zero attached hydrogens (tertiary/aromatic N) is 4. The van der Waals surface area contributed by atoms with Gasteiger partial charge in [0.05, 0.1) is 17.6 Å². The molecule has 1 amide bonds.